The monoisotopic (exact) mass is 228 g/mol. The van der Waals surface area contributed by atoms with Gasteiger partial charge in [-0.15, -0.1) is 0 Å². The zero-order valence-corrected chi connectivity index (χ0v) is 8.60. The van der Waals surface area contributed by atoms with Crippen LogP contribution in [0, 0.1) is 11.7 Å². The number of hydrogen-bond acceptors (Lipinski definition) is 3. The first kappa shape index (κ1) is 12.4. The minimum absolute atomic E-state index is 0.0402. The Labute approximate surface area is 92.3 Å². The lowest BCUT2D eigenvalue weighted by molar-refractivity contribution is -0.143. The summed E-state index contributed by atoms with van der Waals surface area (Å²) < 4.78 is 17.7. The highest BCUT2D eigenvalue weighted by molar-refractivity contribution is 5.70. The molecule has 0 spiro atoms. The van der Waals surface area contributed by atoms with E-state index in [9.17, 15) is 9.18 Å². The van der Waals surface area contributed by atoms with E-state index in [4.69, 9.17) is 14.9 Å². The van der Waals surface area contributed by atoms with Crippen LogP contribution >= 0.6 is 0 Å². The van der Waals surface area contributed by atoms with E-state index < -0.39 is 11.9 Å². The molecule has 1 rings (SSSR count). The van der Waals surface area contributed by atoms with Crippen LogP contribution in [0.3, 0.4) is 0 Å². The van der Waals surface area contributed by atoms with E-state index in [2.05, 4.69) is 0 Å². The Hall–Kier alpha value is -1.62. The van der Waals surface area contributed by atoms with Gasteiger partial charge in [0.15, 0.2) is 0 Å². The highest BCUT2D eigenvalue weighted by Gasteiger charge is 2.17. The maximum absolute atomic E-state index is 12.6. The molecule has 0 aliphatic heterocycles. The van der Waals surface area contributed by atoms with Gasteiger partial charge >= 0.3 is 5.97 Å². The number of aliphatic hydroxyl groups excluding tert-OH is 1. The second kappa shape index (κ2) is 6.07. The van der Waals surface area contributed by atoms with E-state index in [0.717, 1.165) is 0 Å². The van der Waals surface area contributed by atoms with E-state index in [1.54, 1.807) is 0 Å². The van der Waals surface area contributed by atoms with Crippen LogP contribution in [0.5, 0.6) is 5.75 Å². The van der Waals surface area contributed by atoms with Crippen molar-refractivity contribution in [3.8, 4) is 5.75 Å². The van der Waals surface area contributed by atoms with Crippen molar-refractivity contribution in [3.05, 3.63) is 30.1 Å². The maximum Gasteiger partial charge on any atom is 0.310 e. The number of rotatable bonds is 6. The number of aliphatic hydroxyl groups is 1. The molecule has 1 atom stereocenters. The summed E-state index contributed by atoms with van der Waals surface area (Å²) in [5, 5.41) is 17.4. The van der Waals surface area contributed by atoms with Gasteiger partial charge in [-0.3, -0.25) is 4.79 Å². The molecule has 2 N–H and O–H groups in total. The fourth-order valence-corrected chi connectivity index (χ4v) is 1.16. The Morgan fingerprint density at radius 2 is 2.00 bits per heavy atom. The summed E-state index contributed by atoms with van der Waals surface area (Å²) in [5.41, 5.74) is 0. The van der Waals surface area contributed by atoms with Crippen LogP contribution in [-0.4, -0.2) is 29.4 Å². The van der Waals surface area contributed by atoms with Crippen molar-refractivity contribution < 1.29 is 24.1 Å². The van der Waals surface area contributed by atoms with Gasteiger partial charge in [0.2, 0.25) is 0 Å². The molecule has 1 unspecified atom stereocenters. The summed E-state index contributed by atoms with van der Waals surface area (Å²) >= 11 is 0. The summed E-state index contributed by atoms with van der Waals surface area (Å²) in [5.74, 6) is -1.74. The predicted molar refractivity (Wildman–Crippen MR) is 54.7 cm³/mol. The minimum atomic E-state index is -1.02. The fraction of sp³-hybridized carbons (Fsp3) is 0.364. The van der Waals surface area contributed by atoms with Crippen molar-refractivity contribution in [2.24, 2.45) is 5.92 Å². The Morgan fingerprint density at radius 3 is 2.50 bits per heavy atom. The number of carboxylic acids is 1. The van der Waals surface area contributed by atoms with Gasteiger partial charge in [0.05, 0.1) is 5.92 Å². The first-order valence-corrected chi connectivity index (χ1v) is 4.85. The van der Waals surface area contributed by atoms with E-state index in [-0.39, 0.29) is 25.5 Å². The molecule has 1 aromatic rings. The molecule has 0 aromatic heterocycles. The second-order valence-electron chi connectivity index (χ2n) is 3.31. The van der Waals surface area contributed by atoms with Crippen molar-refractivity contribution in [1.29, 1.82) is 0 Å². The Morgan fingerprint density at radius 1 is 1.38 bits per heavy atom. The third-order valence-corrected chi connectivity index (χ3v) is 2.09. The fourth-order valence-electron chi connectivity index (χ4n) is 1.16. The minimum Gasteiger partial charge on any atom is -0.493 e. The van der Waals surface area contributed by atoms with Crippen LogP contribution in [0.25, 0.3) is 0 Å². The summed E-state index contributed by atoms with van der Waals surface area (Å²) in [6.07, 6.45) is 0.135. The van der Waals surface area contributed by atoms with Crippen molar-refractivity contribution in [3.63, 3.8) is 0 Å². The number of halogens is 1. The Kier molecular flexibility index (Phi) is 4.72. The van der Waals surface area contributed by atoms with Crippen LogP contribution in [-0.2, 0) is 4.79 Å². The number of hydrogen-bond donors (Lipinski definition) is 2. The van der Waals surface area contributed by atoms with Gasteiger partial charge in [-0.1, -0.05) is 0 Å². The molecule has 0 aliphatic carbocycles. The summed E-state index contributed by atoms with van der Waals surface area (Å²) in [6.45, 7) is -0.245. The third-order valence-electron chi connectivity index (χ3n) is 2.09. The lowest BCUT2D eigenvalue weighted by atomic mass is 10.1. The standard InChI is InChI=1S/C11H13FO4/c12-9-1-3-10(4-2-9)16-7-8(5-6-13)11(14)15/h1-4,8,13H,5-7H2,(H,14,15). The van der Waals surface area contributed by atoms with E-state index in [1.807, 2.05) is 0 Å². The van der Waals surface area contributed by atoms with Gasteiger partial charge in [0, 0.05) is 6.61 Å². The highest BCUT2D eigenvalue weighted by Crippen LogP contribution is 2.13. The van der Waals surface area contributed by atoms with Crippen molar-refractivity contribution in [2.45, 2.75) is 6.42 Å². The second-order valence-corrected chi connectivity index (χ2v) is 3.31. The molecular weight excluding hydrogens is 215 g/mol. The molecule has 4 nitrogen and oxygen atoms in total. The topological polar surface area (TPSA) is 66.8 Å². The molecule has 0 saturated carbocycles. The number of ether oxygens (including phenoxy) is 1. The summed E-state index contributed by atoms with van der Waals surface area (Å²) in [6, 6.07) is 5.31. The lowest BCUT2D eigenvalue weighted by Crippen LogP contribution is -2.22. The molecule has 0 saturated heterocycles. The Balaban J connectivity index is 2.48. The van der Waals surface area contributed by atoms with Crippen molar-refractivity contribution in [2.75, 3.05) is 13.2 Å². The molecule has 0 radical (unpaired) electrons. The van der Waals surface area contributed by atoms with Crippen LogP contribution in [0.2, 0.25) is 0 Å². The molecule has 5 heteroatoms. The normalized spacial score (nSPS) is 12.1. The van der Waals surface area contributed by atoms with Gasteiger partial charge in [-0.2, -0.15) is 0 Å². The van der Waals surface area contributed by atoms with Gasteiger partial charge in [0.1, 0.15) is 18.2 Å². The molecule has 88 valence electrons. The highest BCUT2D eigenvalue weighted by atomic mass is 19.1. The van der Waals surface area contributed by atoms with E-state index >= 15 is 0 Å². The lowest BCUT2D eigenvalue weighted by Gasteiger charge is -2.12. The molecule has 0 bridgehead atoms. The zero-order valence-electron chi connectivity index (χ0n) is 8.60. The average Bonchev–Trinajstić information content (AvgIpc) is 2.26. The van der Waals surface area contributed by atoms with Crippen molar-refractivity contribution in [1.82, 2.24) is 0 Å². The number of aliphatic carboxylic acids is 1. The first-order chi connectivity index (χ1) is 7.63. The SMILES string of the molecule is O=C(O)C(CCO)COc1ccc(F)cc1. The van der Waals surface area contributed by atoms with E-state index in [1.165, 1.54) is 24.3 Å². The molecule has 0 fully saturated rings. The van der Waals surface area contributed by atoms with Gasteiger partial charge in [-0.05, 0) is 30.7 Å². The zero-order chi connectivity index (χ0) is 12.0. The molecule has 0 amide bonds. The predicted octanol–water partition coefficient (Wildman–Crippen LogP) is 1.29. The van der Waals surface area contributed by atoms with Gasteiger partial charge in [0.25, 0.3) is 0 Å². The van der Waals surface area contributed by atoms with Crippen molar-refractivity contribution >= 4 is 5.97 Å². The summed E-state index contributed by atoms with van der Waals surface area (Å²) in [4.78, 5) is 10.7. The van der Waals surface area contributed by atoms with Crippen LogP contribution in [0.15, 0.2) is 24.3 Å². The molecule has 16 heavy (non-hydrogen) atoms. The molecule has 1 aromatic carbocycles. The van der Waals surface area contributed by atoms with E-state index in [0.29, 0.717) is 5.75 Å². The number of benzene rings is 1. The molecule has 0 aliphatic rings. The average molecular weight is 228 g/mol. The van der Waals surface area contributed by atoms with Gasteiger partial charge < -0.3 is 14.9 Å². The van der Waals surface area contributed by atoms with Crippen LogP contribution < -0.4 is 4.74 Å². The number of carboxylic acid groups (broad SMARTS) is 1. The smallest absolute Gasteiger partial charge is 0.310 e. The maximum atomic E-state index is 12.6. The third kappa shape index (κ3) is 3.86. The Bertz CT molecular complexity index is 336. The quantitative estimate of drug-likeness (QED) is 0.769. The molecule has 0 heterocycles. The number of carbonyl (C=O) groups is 1. The van der Waals surface area contributed by atoms with Gasteiger partial charge in [-0.25, -0.2) is 4.39 Å². The molecular formula is C11H13FO4. The van der Waals surface area contributed by atoms with Crippen LogP contribution in [0.1, 0.15) is 6.42 Å². The largest absolute Gasteiger partial charge is 0.493 e. The summed E-state index contributed by atoms with van der Waals surface area (Å²) in [7, 11) is 0. The van der Waals surface area contributed by atoms with Crippen LogP contribution in [0.4, 0.5) is 4.39 Å². The first-order valence-electron chi connectivity index (χ1n) is 4.85.